The maximum atomic E-state index is 14.4. The largest absolute Gasteiger partial charge is 0.573 e. The van der Waals surface area contributed by atoms with Crippen LogP contribution in [0.15, 0.2) is 78.4 Å². The predicted molar refractivity (Wildman–Crippen MR) is 155 cm³/mol. The number of nitrogens with one attached hydrogen (secondary N) is 1. The number of allylic oxidation sites excluding steroid dienone is 2. The van der Waals surface area contributed by atoms with E-state index < -0.39 is 29.7 Å². The van der Waals surface area contributed by atoms with E-state index in [0.29, 0.717) is 19.5 Å². The van der Waals surface area contributed by atoms with Gasteiger partial charge in [-0.1, -0.05) is 80.6 Å². The third kappa shape index (κ3) is 8.69. The van der Waals surface area contributed by atoms with E-state index in [1.165, 1.54) is 18.2 Å². The molecule has 1 aliphatic rings. The van der Waals surface area contributed by atoms with Gasteiger partial charge >= 0.3 is 6.36 Å². The summed E-state index contributed by atoms with van der Waals surface area (Å²) in [5, 5.41) is 14.8. The van der Waals surface area contributed by atoms with Crippen LogP contribution in [0.5, 0.6) is 5.75 Å². The molecular formula is C32H40F3N3O4. The van der Waals surface area contributed by atoms with Crippen LogP contribution in [0.1, 0.15) is 44.2 Å². The first kappa shape index (κ1) is 32.9. The highest BCUT2D eigenvalue weighted by molar-refractivity contribution is 5.95. The molecule has 7 nitrogen and oxygen atoms in total. The molecule has 1 aliphatic carbocycles. The average Bonchev–Trinajstić information content (AvgIpc) is 2.96. The zero-order valence-electron chi connectivity index (χ0n) is 24.1. The van der Waals surface area contributed by atoms with Gasteiger partial charge in [0.25, 0.3) is 0 Å². The molecule has 0 bridgehead atoms. The molecule has 3 atom stereocenters. The van der Waals surface area contributed by atoms with Crippen LogP contribution in [0.3, 0.4) is 0 Å². The lowest BCUT2D eigenvalue weighted by Gasteiger charge is -2.44. The summed E-state index contributed by atoms with van der Waals surface area (Å²) in [6.45, 7) is 4.95. The van der Waals surface area contributed by atoms with Crippen LogP contribution in [0, 0.1) is 11.3 Å². The third-order valence-corrected chi connectivity index (χ3v) is 7.45. The Labute approximate surface area is 245 Å². The molecule has 4 N–H and O–H groups in total. The maximum Gasteiger partial charge on any atom is 0.573 e. The molecule has 3 rings (SSSR count). The summed E-state index contributed by atoms with van der Waals surface area (Å²) in [6, 6.07) is 15.2. The number of amides is 2. The first-order chi connectivity index (χ1) is 20.0. The standard InChI is InChI=1S/C32H40F3N3O4/c1-3-17-38(18-4-2)30(41)31(16-10-14-24(20-31)29(36)40)26(19-23-11-6-5-7-12-23)27(39)22-37-21-25-13-8-9-15-28(25)42-32(33,34)35/h5-16,26-27,37,39H,3-4,17-22H2,1-2H3,(H2,36,40)/t26-,27+,31?/m1/s1. The number of benzene rings is 2. The molecule has 0 heterocycles. The molecule has 0 radical (unpaired) electrons. The quantitative estimate of drug-likeness (QED) is 0.275. The van der Waals surface area contributed by atoms with Crippen molar-refractivity contribution in [2.45, 2.75) is 58.5 Å². The molecule has 0 fully saturated rings. The van der Waals surface area contributed by atoms with Crippen molar-refractivity contribution in [3.63, 3.8) is 0 Å². The second-order valence-corrected chi connectivity index (χ2v) is 10.6. The molecule has 42 heavy (non-hydrogen) atoms. The number of nitrogens with zero attached hydrogens (tertiary/aromatic N) is 1. The van der Waals surface area contributed by atoms with Crippen LogP contribution in [0.2, 0.25) is 0 Å². The molecule has 2 amide bonds. The molecule has 0 aromatic heterocycles. The van der Waals surface area contributed by atoms with Crippen molar-refractivity contribution < 1.29 is 32.6 Å². The Balaban J connectivity index is 1.97. The van der Waals surface area contributed by atoms with Crippen LogP contribution in [-0.4, -0.2) is 53.9 Å². The van der Waals surface area contributed by atoms with E-state index in [1.807, 2.05) is 44.2 Å². The lowest BCUT2D eigenvalue weighted by molar-refractivity contribution is -0.274. The van der Waals surface area contributed by atoms with Crippen LogP contribution in [0.25, 0.3) is 0 Å². The Morgan fingerprint density at radius 1 is 1.07 bits per heavy atom. The van der Waals surface area contributed by atoms with Gasteiger partial charge in [-0.2, -0.15) is 0 Å². The van der Waals surface area contributed by atoms with E-state index in [2.05, 4.69) is 10.1 Å². The number of ether oxygens (including phenoxy) is 1. The predicted octanol–water partition coefficient (Wildman–Crippen LogP) is 4.90. The fourth-order valence-corrected chi connectivity index (χ4v) is 5.55. The first-order valence-electron chi connectivity index (χ1n) is 14.2. The topological polar surface area (TPSA) is 105 Å². The average molecular weight is 588 g/mol. The van der Waals surface area contributed by atoms with Crippen molar-refractivity contribution in [2.75, 3.05) is 19.6 Å². The smallest absolute Gasteiger partial charge is 0.405 e. The zero-order valence-corrected chi connectivity index (χ0v) is 24.1. The van der Waals surface area contributed by atoms with Crippen LogP contribution in [0.4, 0.5) is 13.2 Å². The van der Waals surface area contributed by atoms with Gasteiger partial charge in [-0.15, -0.1) is 13.2 Å². The van der Waals surface area contributed by atoms with Crippen LogP contribution in [-0.2, 0) is 22.6 Å². The summed E-state index contributed by atoms with van der Waals surface area (Å²) in [7, 11) is 0. The van der Waals surface area contributed by atoms with E-state index in [4.69, 9.17) is 5.73 Å². The zero-order chi connectivity index (χ0) is 30.8. The lowest BCUT2D eigenvalue weighted by atomic mass is 9.64. The number of para-hydroxylation sites is 1. The van der Waals surface area contributed by atoms with Crippen molar-refractivity contribution in [3.8, 4) is 5.75 Å². The number of carbonyl (C=O) groups excluding carboxylic acids is 2. The third-order valence-electron chi connectivity index (χ3n) is 7.45. The Bertz CT molecular complexity index is 1240. The second kappa shape index (κ2) is 15.0. The van der Waals surface area contributed by atoms with Gasteiger partial charge in [-0.3, -0.25) is 9.59 Å². The molecule has 0 spiro atoms. The van der Waals surface area contributed by atoms with Crippen LogP contribution >= 0.6 is 0 Å². The summed E-state index contributed by atoms with van der Waals surface area (Å²) >= 11 is 0. The monoisotopic (exact) mass is 587 g/mol. The maximum absolute atomic E-state index is 14.4. The van der Waals surface area contributed by atoms with E-state index in [9.17, 15) is 27.9 Å². The number of carbonyl (C=O) groups is 2. The summed E-state index contributed by atoms with van der Waals surface area (Å²) < 4.78 is 42.9. The summed E-state index contributed by atoms with van der Waals surface area (Å²) in [5.41, 5.74) is 5.84. The Morgan fingerprint density at radius 2 is 1.71 bits per heavy atom. The minimum absolute atomic E-state index is 0.0115. The van der Waals surface area contributed by atoms with E-state index in [0.717, 1.165) is 18.4 Å². The van der Waals surface area contributed by atoms with Crippen molar-refractivity contribution in [2.24, 2.45) is 17.1 Å². The number of alkyl halides is 3. The minimum Gasteiger partial charge on any atom is -0.405 e. The van der Waals surface area contributed by atoms with Gasteiger partial charge in [0.1, 0.15) is 5.75 Å². The minimum atomic E-state index is -4.84. The van der Waals surface area contributed by atoms with Crippen LogP contribution < -0.4 is 15.8 Å². The molecule has 0 aliphatic heterocycles. The normalized spacial score (nSPS) is 18.2. The van der Waals surface area contributed by atoms with Gasteiger partial charge in [-0.05, 0) is 37.3 Å². The van der Waals surface area contributed by atoms with E-state index in [1.54, 1.807) is 29.2 Å². The van der Waals surface area contributed by atoms with Gasteiger partial charge in [0, 0.05) is 43.2 Å². The van der Waals surface area contributed by atoms with Gasteiger partial charge in [0.05, 0.1) is 11.5 Å². The fraction of sp³-hybridized carbons (Fsp3) is 0.438. The highest BCUT2D eigenvalue weighted by atomic mass is 19.4. The molecule has 1 unspecified atom stereocenters. The van der Waals surface area contributed by atoms with Gasteiger partial charge in [0.15, 0.2) is 0 Å². The van der Waals surface area contributed by atoms with Crippen molar-refractivity contribution in [1.82, 2.24) is 10.2 Å². The number of aliphatic hydroxyl groups is 1. The molecule has 0 saturated carbocycles. The van der Waals surface area contributed by atoms with Crippen molar-refractivity contribution in [3.05, 3.63) is 89.5 Å². The summed E-state index contributed by atoms with van der Waals surface area (Å²) in [5.74, 6) is -1.86. The highest BCUT2D eigenvalue weighted by Crippen LogP contribution is 2.44. The van der Waals surface area contributed by atoms with Crippen molar-refractivity contribution >= 4 is 11.8 Å². The molecule has 0 saturated heterocycles. The Kier molecular flexibility index (Phi) is 11.8. The van der Waals surface area contributed by atoms with E-state index >= 15 is 0 Å². The summed E-state index contributed by atoms with van der Waals surface area (Å²) in [6.07, 6.45) is 0.860. The SMILES string of the molecule is CCCN(CCC)C(=O)C1([C@H](Cc2ccccc2)[C@@H](O)CNCc2ccccc2OC(F)(F)F)C=CC=C(C(N)=O)C1. The Morgan fingerprint density at radius 3 is 2.33 bits per heavy atom. The van der Waals surface area contributed by atoms with Gasteiger partial charge < -0.3 is 25.8 Å². The molecule has 2 aromatic carbocycles. The number of aliphatic hydroxyl groups excluding tert-OH is 1. The number of primary amides is 1. The second-order valence-electron chi connectivity index (χ2n) is 10.6. The lowest BCUT2D eigenvalue weighted by Crippen LogP contribution is -2.54. The number of halogens is 3. The fourth-order valence-electron chi connectivity index (χ4n) is 5.55. The number of nitrogens with two attached hydrogens (primary N) is 1. The van der Waals surface area contributed by atoms with Crippen molar-refractivity contribution in [1.29, 1.82) is 0 Å². The molecule has 228 valence electrons. The van der Waals surface area contributed by atoms with Gasteiger partial charge in [-0.25, -0.2) is 0 Å². The molecule has 2 aromatic rings. The van der Waals surface area contributed by atoms with E-state index in [-0.39, 0.29) is 42.3 Å². The summed E-state index contributed by atoms with van der Waals surface area (Å²) in [4.78, 5) is 28.5. The molecule has 10 heteroatoms. The number of hydrogen-bond donors (Lipinski definition) is 3. The first-order valence-corrected chi connectivity index (χ1v) is 14.2. The number of rotatable bonds is 15. The molecular weight excluding hydrogens is 547 g/mol. The van der Waals surface area contributed by atoms with Gasteiger partial charge in [0.2, 0.25) is 11.8 Å². The number of hydrogen-bond acceptors (Lipinski definition) is 5. The highest BCUT2D eigenvalue weighted by Gasteiger charge is 2.49. The Hall–Kier alpha value is -3.63.